The second kappa shape index (κ2) is 6.03. The molecule has 0 amide bonds. The molecule has 2 atom stereocenters. The van der Waals surface area contributed by atoms with Gasteiger partial charge in [-0.15, -0.1) is 5.10 Å². The van der Waals surface area contributed by atoms with Crippen molar-refractivity contribution in [2.24, 2.45) is 7.05 Å². The Labute approximate surface area is 135 Å². The lowest BCUT2D eigenvalue weighted by Gasteiger charge is -2.16. The Bertz CT molecular complexity index is 803. The molecule has 7 nitrogen and oxygen atoms in total. The lowest BCUT2D eigenvalue weighted by molar-refractivity contribution is 0.101. The predicted molar refractivity (Wildman–Crippen MR) is 84.5 cm³/mol. The van der Waals surface area contributed by atoms with Crippen LogP contribution < -0.4 is 0 Å². The number of hydrogen-bond donors (Lipinski definition) is 0. The van der Waals surface area contributed by atoms with Gasteiger partial charge in [0.1, 0.15) is 0 Å². The molecule has 0 N–H and O–H groups in total. The van der Waals surface area contributed by atoms with Gasteiger partial charge >= 0.3 is 0 Å². The second-order valence-corrected chi connectivity index (χ2v) is 7.77. The van der Waals surface area contributed by atoms with Gasteiger partial charge in [-0.1, -0.05) is 17.3 Å². The van der Waals surface area contributed by atoms with Gasteiger partial charge in [0.25, 0.3) is 0 Å². The van der Waals surface area contributed by atoms with Crippen LogP contribution in [0.25, 0.3) is 0 Å². The number of sulfonamides is 1. The molecular formula is C15H20N4O3S. The summed E-state index contributed by atoms with van der Waals surface area (Å²) in [5.41, 5.74) is 1.67. The molecule has 1 fully saturated rings. The Balaban J connectivity index is 1.90. The fraction of sp³-hybridized carbons (Fsp3) is 0.467. The lowest BCUT2D eigenvalue weighted by Crippen LogP contribution is -2.30. The van der Waals surface area contributed by atoms with E-state index in [1.54, 1.807) is 43.2 Å². The van der Waals surface area contributed by atoms with E-state index < -0.39 is 10.0 Å². The molecule has 1 aliphatic rings. The normalized spacial score (nSPS) is 22.6. The Hall–Kier alpha value is -1.77. The largest absolute Gasteiger partial charge is 0.379 e. The first-order valence-electron chi connectivity index (χ1n) is 7.37. The molecule has 124 valence electrons. The van der Waals surface area contributed by atoms with Crippen LogP contribution in [-0.4, -0.2) is 54.0 Å². The summed E-state index contributed by atoms with van der Waals surface area (Å²) in [7, 11) is -0.160. The van der Waals surface area contributed by atoms with Crippen molar-refractivity contribution in [3.05, 3.63) is 41.7 Å². The van der Waals surface area contributed by atoms with E-state index in [1.165, 1.54) is 4.31 Å². The van der Waals surface area contributed by atoms with E-state index in [0.29, 0.717) is 18.0 Å². The maximum atomic E-state index is 12.9. The first-order chi connectivity index (χ1) is 10.9. The molecule has 3 rings (SSSR count). The fourth-order valence-corrected chi connectivity index (χ4v) is 4.50. The number of methoxy groups -OCH3 is 1. The van der Waals surface area contributed by atoms with Gasteiger partial charge in [-0.3, -0.25) is 4.68 Å². The first kappa shape index (κ1) is 16.1. The minimum atomic E-state index is -3.54. The summed E-state index contributed by atoms with van der Waals surface area (Å²) in [6, 6.07) is 6.95. The highest BCUT2D eigenvalue weighted by Gasteiger charge is 2.41. The fourth-order valence-electron chi connectivity index (χ4n) is 2.92. The minimum absolute atomic E-state index is 0.117. The highest BCUT2D eigenvalue weighted by atomic mass is 32.2. The monoisotopic (exact) mass is 336 g/mol. The summed E-state index contributed by atoms with van der Waals surface area (Å²) in [6.45, 7) is 2.53. The maximum Gasteiger partial charge on any atom is 0.243 e. The SMILES string of the molecule is CO[C@@H]1CN(S(=O)(=O)c2cccc(C)c2)C[C@H]1c1cn(C)nn1. The van der Waals surface area contributed by atoms with Crippen molar-refractivity contribution in [3.63, 3.8) is 0 Å². The summed E-state index contributed by atoms with van der Waals surface area (Å²) in [6.07, 6.45) is 1.57. The third-order valence-electron chi connectivity index (χ3n) is 4.16. The highest BCUT2D eigenvalue weighted by Crippen LogP contribution is 2.32. The van der Waals surface area contributed by atoms with Crippen molar-refractivity contribution in [2.75, 3.05) is 20.2 Å². The summed E-state index contributed by atoms with van der Waals surface area (Å²) >= 11 is 0. The van der Waals surface area contributed by atoms with Crippen molar-refractivity contribution in [1.29, 1.82) is 0 Å². The van der Waals surface area contributed by atoms with Crippen LogP contribution in [0.15, 0.2) is 35.4 Å². The number of benzene rings is 1. The van der Waals surface area contributed by atoms with Gasteiger partial charge in [0.05, 0.1) is 16.7 Å². The molecule has 0 radical (unpaired) electrons. The summed E-state index contributed by atoms with van der Waals surface area (Å²) in [5.74, 6) is -0.117. The molecule has 0 unspecified atom stereocenters. The smallest absolute Gasteiger partial charge is 0.243 e. The van der Waals surface area contributed by atoms with Crippen molar-refractivity contribution >= 4 is 10.0 Å². The number of hydrogen-bond acceptors (Lipinski definition) is 5. The van der Waals surface area contributed by atoms with Crippen LogP contribution in [0.2, 0.25) is 0 Å². The molecule has 0 saturated carbocycles. The third kappa shape index (κ3) is 3.01. The number of ether oxygens (including phenoxy) is 1. The van der Waals surface area contributed by atoms with E-state index >= 15 is 0 Å². The average molecular weight is 336 g/mol. The van der Waals surface area contributed by atoms with Crippen LogP contribution in [-0.2, 0) is 21.8 Å². The summed E-state index contributed by atoms with van der Waals surface area (Å²) in [5, 5.41) is 8.04. The molecule has 1 saturated heterocycles. The van der Waals surface area contributed by atoms with Gasteiger partial charge in [0.15, 0.2) is 0 Å². The van der Waals surface area contributed by atoms with Crippen LogP contribution in [0.3, 0.4) is 0 Å². The van der Waals surface area contributed by atoms with Gasteiger partial charge in [0.2, 0.25) is 10.0 Å². The summed E-state index contributed by atoms with van der Waals surface area (Å²) in [4.78, 5) is 0.312. The third-order valence-corrected chi connectivity index (χ3v) is 5.99. The first-order valence-corrected chi connectivity index (χ1v) is 8.81. The number of aryl methyl sites for hydroxylation is 2. The Morgan fingerprint density at radius 2 is 2.09 bits per heavy atom. The van der Waals surface area contributed by atoms with Crippen molar-refractivity contribution in [1.82, 2.24) is 19.3 Å². The van der Waals surface area contributed by atoms with Gasteiger partial charge < -0.3 is 4.74 Å². The number of nitrogens with zero attached hydrogens (tertiary/aromatic N) is 4. The molecule has 8 heteroatoms. The summed E-state index contributed by atoms with van der Waals surface area (Å²) < 4.78 is 34.3. The molecule has 1 aromatic carbocycles. The van der Waals surface area contributed by atoms with E-state index in [1.807, 2.05) is 13.0 Å². The van der Waals surface area contributed by atoms with Crippen LogP contribution in [0.5, 0.6) is 0 Å². The quantitative estimate of drug-likeness (QED) is 0.830. The van der Waals surface area contributed by atoms with Crippen LogP contribution >= 0.6 is 0 Å². The van der Waals surface area contributed by atoms with E-state index in [0.717, 1.165) is 11.3 Å². The van der Waals surface area contributed by atoms with Crippen LogP contribution in [0, 0.1) is 6.92 Å². The van der Waals surface area contributed by atoms with E-state index in [2.05, 4.69) is 10.3 Å². The van der Waals surface area contributed by atoms with Crippen molar-refractivity contribution < 1.29 is 13.2 Å². The van der Waals surface area contributed by atoms with E-state index in [-0.39, 0.29) is 12.0 Å². The standard InChI is InChI=1S/C15H20N4O3S/c1-11-5-4-6-12(7-11)23(20,21)19-8-13(15(10-19)22-3)14-9-18(2)17-16-14/h4-7,9,13,15H,8,10H2,1-3H3/t13-,15+/m0/s1. The number of aromatic nitrogens is 3. The molecule has 2 heterocycles. The van der Waals surface area contributed by atoms with Gasteiger partial charge in [-0.2, -0.15) is 4.31 Å². The van der Waals surface area contributed by atoms with Crippen LogP contribution in [0.1, 0.15) is 17.2 Å². The predicted octanol–water partition coefficient (Wildman–Crippen LogP) is 0.927. The Morgan fingerprint density at radius 3 is 2.70 bits per heavy atom. The Morgan fingerprint density at radius 1 is 1.30 bits per heavy atom. The zero-order valence-corrected chi connectivity index (χ0v) is 14.2. The van der Waals surface area contributed by atoms with E-state index in [4.69, 9.17) is 4.74 Å². The molecule has 0 aliphatic carbocycles. The van der Waals surface area contributed by atoms with Gasteiger partial charge in [0, 0.05) is 39.4 Å². The minimum Gasteiger partial charge on any atom is -0.379 e. The topological polar surface area (TPSA) is 77.3 Å². The van der Waals surface area contributed by atoms with Crippen molar-refractivity contribution in [3.8, 4) is 0 Å². The van der Waals surface area contributed by atoms with Gasteiger partial charge in [-0.05, 0) is 24.6 Å². The second-order valence-electron chi connectivity index (χ2n) is 5.84. The van der Waals surface area contributed by atoms with Crippen molar-refractivity contribution in [2.45, 2.75) is 23.8 Å². The number of rotatable bonds is 4. The maximum absolute atomic E-state index is 12.9. The molecule has 1 aliphatic heterocycles. The molecule has 23 heavy (non-hydrogen) atoms. The molecule has 0 spiro atoms. The van der Waals surface area contributed by atoms with Gasteiger partial charge in [-0.25, -0.2) is 8.42 Å². The zero-order valence-electron chi connectivity index (χ0n) is 13.4. The lowest BCUT2D eigenvalue weighted by atomic mass is 10.0. The molecular weight excluding hydrogens is 316 g/mol. The van der Waals surface area contributed by atoms with Crippen LogP contribution in [0.4, 0.5) is 0 Å². The average Bonchev–Trinajstić information content (AvgIpc) is 3.13. The molecule has 2 aromatic rings. The van der Waals surface area contributed by atoms with E-state index in [9.17, 15) is 8.42 Å². The zero-order chi connectivity index (χ0) is 16.6. The highest BCUT2D eigenvalue weighted by molar-refractivity contribution is 7.89. The molecule has 1 aromatic heterocycles. The Kier molecular flexibility index (Phi) is 4.22. The molecule has 0 bridgehead atoms.